The number of nitrogens with zero attached hydrogens (tertiary/aromatic N) is 3. The molecular formula is C23H26ClN3O2. The average Bonchev–Trinajstić information content (AvgIpc) is 3.36. The van der Waals surface area contributed by atoms with E-state index in [0.717, 1.165) is 55.0 Å². The van der Waals surface area contributed by atoms with Crippen LogP contribution in [0.2, 0.25) is 5.02 Å². The molecule has 0 spiro atoms. The van der Waals surface area contributed by atoms with E-state index in [2.05, 4.69) is 10.6 Å². The maximum atomic E-state index is 12.4. The first-order chi connectivity index (χ1) is 14.2. The standard InChI is InChI=1S/C23H26ClN3O2/c1-2-22(28)26-14-5-9-21(26)23-25-19-7-3-4-8-20(19)27(23)15-6-16-29-18-12-10-17(24)11-13-18/h3-4,7-8,10-13,21H,2,5-6,9,14-16H2,1H3/t21-/m0/s1. The van der Waals surface area contributed by atoms with Gasteiger partial charge in [-0.2, -0.15) is 0 Å². The Morgan fingerprint density at radius 3 is 2.79 bits per heavy atom. The smallest absolute Gasteiger partial charge is 0.222 e. The van der Waals surface area contributed by atoms with Crippen LogP contribution < -0.4 is 4.74 Å². The van der Waals surface area contributed by atoms with E-state index in [1.807, 2.05) is 54.3 Å². The van der Waals surface area contributed by atoms with Crippen molar-refractivity contribution in [2.75, 3.05) is 13.2 Å². The Kier molecular flexibility index (Phi) is 6.05. The second kappa shape index (κ2) is 8.87. The predicted molar refractivity (Wildman–Crippen MR) is 115 cm³/mol. The van der Waals surface area contributed by atoms with E-state index in [-0.39, 0.29) is 11.9 Å². The molecule has 0 saturated carbocycles. The summed E-state index contributed by atoms with van der Waals surface area (Å²) >= 11 is 5.93. The van der Waals surface area contributed by atoms with E-state index >= 15 is 0 Å². The number of imidazole rings is 1. The number of likely N-dealkylation sites (tertiary alicyclic amines) is 1. The topological polar surface area (TPSA) is 47.4 Å². The summed E-state index contributed by atoms with van der Waals surface area (Å²) < 4.78 is 8.13. The van der Waals surface area contributed by atoms with Crippen molar-refractivity contribution in [3.05, 3.63) is 59.4 Å². The fourth-order valence-corrected chi connectivity index (χ4v) is 4.19. The monoisotopic (exact) mass is 411 g/mol. The third kappa shape index (κ3) is 4.25. The zero-order chi connectivity index (χ0) is 20.2. The van der Waals surface area contributed by atoms with Gasteiger partial charge >= 0.3 is 0 Å². The Morgan fingerprint density at radius 1 is 1.21 bits per heavy atom. The van der Waals surface area contributed by atoms with Crippen molar-refractivity contribution in [1.29, 1.82) is 0 Å². The van der Waals surface area contributed by atoms with Gasteiger partial charge in [0.05, 0.1) is 23.7 Å². The van der Waals surface area contributed by atoms with Crippen molar-refractivity contribution < 1.29 is 9.53 Å². The lowest BCUT2D eigenvalue weighted by atomic mass is 10.2. The van der Waals surface area contributed by atoms with Crippen LogP contribution in [0, 0.1) is 0 Å². The minimum Gasteiger partial charge on any atom is -0.494 e. The van der Waals surface area contributed by atoms with Crippen LogP contribution in [-0.4, -0.2) is 33.5 Å². The first-order valence-corrected chi connectivity index (χ1v) is 10.7. The van der Waals surface area contributed by atoms with Crippen LogP contribution in [0.15, 0.2) is 48.5 Å². The van der Waals surface area contributed by atoms with Gasteiger partial charge in [0.1, 0.15) is 11.6 Å². The molecule has 0 N–H and O–H groups in total. The van der Waals surface area contributed by atoms with E-state index in [1.54, 1.807) is 0 Å². The molecule has 1 aliphatic rings. The van der Waals surface area contributed by atoms with Crippen molar-refractivity contribution in [2.45, 2.75) is 45.2 Å². The summed E-state index contributed by atoms with van der Waals surface area (Å²) in [5.74, 6) is 2.02. The molecule has 6 heteroatoms. The molecule has 29 heavy (non-hydrogen) atoms. The number of para-hydroxylation sites is 2. The molecule has 0 aliphatic carbocycles. The van der Waals surface area contributed by atoms with E-state index < -0.39 is 0 Å². The van der Waals surface area contributed by atoms with Crippen molar-refractivity contribution in [3.8, 4) is 5.75 Å². The number of aromatic nitrogens is 2. The molecule has 0 bridgehead atoms. The van der Waals surface area contributed by atoms with Gasteiger partial charge in [-0.25, -0.2) is 4.98 Å². The number of rotatable bonds is 7. The summed E-state index contributed by atoms with van der Waals surface area (Å²) in [6, 6.07) is 15.7. The number of hydrogen-bond acceptors (Lipinski definition) is 3. The third-order valence-corrected chi connectivity index (χ3v) is 5.72. The van der Waals surface area contributed by atoms with Crippen LogP contribution in [-0.2, 0) is 11.3 Å². The van der Waals surface area contributed by atoms with Gasteiger partial charge in [0.15, 0.2) is 0 Å². The van der Waals surface area contributed by atoms with Crippen LogP contribution in [0.1, 0.15) is 44.5 Å². The van der Waals surface area contributed by atoms with Gasteiger partial charge in [0.25, 0.3) is 0 Å². The Hall–Kier alpha value is -2.53. The molecular weight excluding hydrogens is 386 g/mol. The molecule has 2 aromatic carbocycles. The Morgan fingerprint density at radius 2 is 2.00 bits per heavy atom. The highest BCUT2D eigenvalue weighted by molar-refractivity contribution is 6.30. The number of hydrogen-bond donors (Lipinski definition) is 0. The Labute approximate surface area is 176 Å². The van der Waals surface area contributed by atoms with Gasteiger partial charge in [-0.05, 0) is 55.7 Å². The fourth-order valence-electron chi connectivity index (χ4n) is 4.06. The summed E-state index contributed by atoms with van der Waals surface area (Å²) in [6.07, 6.45) is 3.38. The normalized spacial score (nSPS) is 16.5. The number of halogens is 1. The van der Waals surface area contributed by atoms with Crippen LogP contribution in [0.3, 0.4) is 0 Å². The van der Waals surface area contributed by atoms with Crippen molar-refractivity contribution in [3.63, 3.8) is 0 Å². The largest absolute Gasteiger partial charge is 0.494 e. The predicted octanol–water partition coefficient (Wildman–Crippen LogP) is 5.23. The molecule has 1 aliphatic heterocycles. The average molecular weight is 412 g/mol. The van der Waals surface area contributed by atoms with Crippen LogP contribution in [0.25, 0.3) is 11.0 Å². The molecule has 4 rings (SSSR count). The Balaban J connectivity index is 1.52. The number of fused-ring (bicyclic) bond motifs is 1. The summed E-state index contributed by atoms with van der Waals surface area (Å²) in [5, 5.41) is 0.703. The first kappa shape index (κ1) is 19.8. The van der Waals surface area contributed by atoms with E-state index in [9.17, 15) is 4.79 Å². The minimum absolute atomic E-state index is 0.0621. The third-order valence-electron chi connectivity index (χ3n) is 5.47. The lowest BCUT2D eigenvalue weighted by Crippen LogP contribution is -2.31. The molecule has 1 atom stereocenters. The molecule has 2 heterocycles. The zero-order valence-electron chi connectivity index (χ0n) is 16.7. The van der Waals surface area contributed by atoms with Gasteiger partial charge in [0, 0.05) is 24.5 Å². The zero-order valence-corrected chi connectivity index (χ0v) is 17.4. The van der Waals surface area contributed by atoms with E-state index in [1.165, 1.54) is 0 Å². The number of aryl methyl sites for hydroxylation is 1. The second-order valence-corrected chi connectivity index (χ2v) is 7.80. The SMILES string of the molecule is CCC(=O)N1CCC[C@H]1c1nc2ccccc2n1CCCOc1ccc(Cl)cc1. The molecule has 0 radical (unpaired) electrons. The van der Waals surface area contributed by atoms with Crippen molar-refractivity contribution in [2.24, 2.45) is 0 Å². The van der Waals surface area contributed by atoms with Crippen LogP contribution in [0.5, 0.6) is 5.75 Å². The molecule has 5 nitrogen and oxygen atoms in total. The summed E-state index contributed by atoms with van der Waals surface area (Å²) in [4.78, 5) is 19.3. The Bertz CT molecular complexity index is 983. The number of amides is 1. The minimum atomic E-state index is 0.0621. The van der Waals surface area contributed by atoms with Gasteiger partial charge in [0.2, 0.25) is 5.91 Å². The summed E-state index contributed by atoms with van der Waals surface area (Å²) in [5.41, 5.74) is 2.10. The molecule has 1 saturated heterocycles. The first-order valence-electron chi connectivity index (χ1n) is 10.3. The highest BCUT2D eigenvalue weighted by Crippen LogP contribution is 2.34. The van der Waals surface area contributed by atoms with Crippen molar-refractivity contribution in [1.82, 2.24) is 14.5 Å². The molecule has 152 valence electrons. The van der Waals surface area contributed by atoms with E-state index in [4.69, 9.17) is 21.3 Å². The quantitative estimate of drug-likeness (QED) is 0.500. The van der Waals surface area contributed by atoms with Crippen molar-refractivity contribution >= 4 is 28.5 Å². The maximum absolute atomic E-state index is 12.4. The second-order valence-electron chi connectivity index (χ2n) is 7.37. The number of ether oxygens (including phenoxy) is 1. The maximum Gasteiger partial charge on any atom is 0.222 e. The number of carbonyl (C=O) groups excluding carboxylic acids is 1. The van der Waals surface area contributed by atoms with Gasteiger partial charge in [-0.15, -0.1) is 0 Å². The van der Waals surface area contributed by atoms with Gasteiger partial charge in [-0.1, -0.05) is 30.7 Å². The summed E-state index contributed by atoms with van der Waals surface area (Å²) in [7, 11) is 0. The highest BCUT2D eigenvalue weighted by Gasteiger charge is 2.32. The van der Waals surface area contributed by atoms with Crippen LogP contribution >= 0.6 is 11.6 Å². The van der Waals surface area contributed by atoms with Gasteiger partial charge in [-0.3, -0.25) is 4.79 Å². The molecule has 1 aromatic heterocycles. The number of carbonyl (C=O) groups is 1. The lowest BCUT2D eigenvalue weighted by molar-refractivity contribution is -0.131. The van der Waals surface area contributed by atoms with Crippen LogP contribution in [0.4, 0.5) is 0 Å². The molecule has 1 fully saturated rings. The fraction of sp³-hybridized carbons (Fsp3) is 0.391. The van der Waals surface area contributed by atoms with E-state index in [0.29, 0.717) is 18.1 Å². The molecule has 1 amide bonds. The molecule has 3 aromatic rings. The summed E-state index contributed by atoms with van der Waals surface area (Å²) in [6.45, 7) is 4.15. The molecule has 0 unspecified atom stereocenters. The van der Waals surface area contributed by atoms with Gasteiger partial charge < -0.3 is 14.2 Å². The highest BCUT2D eigenvalue weighted by atomic mass is 35.5. The number of benzene rings is 2. The lowest BCUT2D eigenvalue weighted by Gasteiger charge is -2.25.